The van der Waals surface area contributed by atoms with Crippen molar-refractivity contribution in [1.29, 1.82) is 0 Å². The lowest BCUT2D eigenvalue weighted by atomic mass is 9.85. The lowest BCUT2D eigenvalue weighted by molar-refractivity contribution is -0.133. The fourth-order valence-electron chi connectivity index (χ4n) is 3.18. The number of carbonyl (C=O) groups is 2. The Morgan fingerprint density at radius 3 is 2.00 bits per heavy atom. The van der Waals surface area contributed by atoms with Gasteiger partial charge in [0.2, 0.25) is 0 Å². The van der Waals surface area contributed by atoms with E-state index in [-0.39, 0.29) is 5.91 Å². The third-order valence-electron chi connectivity index (χ3n) is 4.89. The number of rotatable bonds is 4. The number of carbonyl (C=O) groups excluding carboxylic acids is 2. The first-order valence-corrected chi connectivity index (χ1v) is 8.59. The molecule has 26 heavy (non-hydrogen) atoms. The monoisotopic (exact) mass is 353 g/mol. The van der Waals surface area contributed by atoms with E-state index in [1.54, 1.807) is 54.6 Å². The molecule has 1 aliphatic heterocycles. The van der Waals surface area contributed by atoms with Crippen LogP contribution >= 0.6 is 0 Å². The quantitative estimate of drug-likeness (QED) is 0.851. The highest BCUT2D eigenvalue weighted by molar-refractivity contribution is 5.95. The number of hydrogen-bond acceptors (Lipinski definition) is 4. The number of benzene rings is 2. The molecule has 3 rings (SSSR count). The second-order valence-corrected chi connectivity index (χ2v) is 6.61. The van der Waals surface area contributed by atoms with Gasteiger partial charge in [0.1, 0.15) is 0 Å². The summed E-state index contributed by atoms with van der Waals surface area (Å²) >= 11 is 0. The highest BCUT2D eigenvalue weighted by Gasteiger charge is 2.38. The first kappa shape index (κ1) is 18.1. The van der Waals surface area contributed by atoms with Gasteiger partial charge in [-0.05, 0) is 30.3 Å². The summed E-state index contributed by atoms with van der Waals surface area (Å²) in [6.07, 6.45) is 0. The van der Waals surface area contributed by atoms with Gasteiger partial charge in [-0.15, -0.1) is 0 Å². The van der Waals surface area contributed by atoms with E-state index >= 15 is 0 Å². The molecule has 1 saturated heterocycles. The fraction of sp³-hybridized carbons (Fsp3) is 0.300. The molecule has 6 nitrogen and oxygen atoms in total. The molecule has 0 aliphatic carbocycles. The van der Waals surface area contributed by atoms with Crippen LogP contribution in [-0.4, -0.2) is 59.9 Å². The minimum absolute atomic E-state index is 0.0491. The van der Waals surface area contributed by atoms with Crippen molar-refractivity contribution in [3.63, 3.8) is 0 Å². The molecule has 2 aromatic rings. The summed E-state index contributed by atoms with van der Waals surface area (Å²) < 4.78 is 0. The second kappa shape index (κ2) is 7.27. The summed E-state index contributed by atoms with van der Waals surface area (Å²) in [4.78, 5) is 28.6. The van der Waals surface area contributed by atoms with Crippen molar-refractivity contribution < 1.29 is 14.7 Å². The summed E-state index contributed by atoms with van der Waals surface area (Å²) in [5, 5.41) is 11.0. The minimum Gasteiger partial charge on any atom is -0.372 e. The van der Waals surface area contributed by atoms with Gasteiger partial charge in [0, 0.05) is 31.7 Å². The van der Waals surface area contributed by atoms with Gasteiger partial charge in [0.05, 0.1) is 0 Å². The van der Waals surface area contributed by atoms with E-state index < -0.39 is 11.5 Å². The Labute approximate surface area is 152 Å². The van der Waals surface area contributed by atoms with Crippen molar-refractivity contribution in [2.24, 2.45) is 5.73 Å². The Kier molecular flexibility index (Phi) is 5.06. The molecule has 1 aliphatic rings. The van der Waals surface area contributed by atoms with Gasteiger partial charge in [-0.3, -0.25) is 9.59 Å². The molecule has 0 bridgehead atoms. The molecule has 6 heteroatoms. The zero-order chi connectivity index (χ0) is 18.7. The van der Waals surface area contributed by atoms with Crippen molar-refractivity contribution in [2.75, 3.05) is 33.2 Å². The number of likely N-dealkylation sites (N-methyl/N-ethyl adjacent to an activating group) is 1. The lowest BCUT2D eigenvalue weighted by Gasteiger charge is -2.32. The summed E-state index contributed by atoms with van der Waals surface area (Å²) in [5.41, 5.74) is 4.82. The normalized spacial score (nSPS) is 17.5. The first-order valence-electron chi connectivity index (χ1n) is 8.59. The van der Waals surface area contributed by atoms with Crippen LogP contribution < -0.4 is 5.73 Å². The molecule has 1 unspecified atom stereocenters. The van der Waals surface area contributed by atoms with E-state index in [0.29, 0.717) is 29.8 Å². The summed E-state index contributed by atoms with van der Waals surface area (Å²) in [6.45, 7) is 3.07. The van der Waals surface area contributed by atoms with Crippen LogP contribution in [0.15, 0.2) is 54.6 Å². The zero-order valence-corrected chi connectivity index (χ0v) is 14.8. The van der Waals surface area contributed by atoms with Gasteiger partial charge < -0.3 is 20.6 Å². The van der Waals surface area contributed by atoms with Gasteiger partial charge in [0.25, 0.3) is 11.8 Å². The van der Waals surface area contributed by atoms with E-state index in [2.05, 4.69) is 4.90 Å². The number of piperazine rings is 1. The summed E-state index contributed by atoms with van der Waals surface area (Å²) in [5.74, 6) is -0.908. The Hall–Kier alpha value is -2.70. The molecular weight excluding hydrogens is 330 g/mol. The Morgan fingerprint density at radius 1 is 0.923 bits per heavy atom. The molecule has 1 fully saturated rings. The standard InChI is InChI=1S/C20H23N3O3/c1-22-11-13-23(14-12-22)18(24)15-7-9-17(10-8-15)20(26,19(21)25)16-5-3-2-4-6-16/h2-10,26H,11-14H2,1H3,(H2,21,25). The van der Waals surface area contributed by atoms with Crippen LogP contribution in [-0.2, 0) is 10.4 Å². The highest BCUT2D eigenvalue weighted by atomic mass is 16.3. The largest absolute Gasteiger partial charge is 0.372 e. The van der Waals surface area contributed by atoms with Crippen LogP contribution in [0.3, 0.4) is 0 Å². The van der Waals surface area contributed by atoms with Crippen LogP contribution in [0.4, 0.5) is 0 Å². The molecule has 0 radical (unpaired) electrons. The van der Waals surface area contributed by atoms with Crippen molar-refractivity contribution >= 4 is 11.8 Å². The molecule has 0 saturated carbocycles. The van der Waals surface area contributed by atoms with Gasteiger partial charge in [-0.25, -0.2) is 0 Å². The first-order chi connectivity index (χ1) is 12.4. The Morgan fingerprint density at radius 2 is 1.46 bits per heavy atom. The Balaban J connectivity index is 1.86. The molecule has 3 N–H and O–H groups in total. The number of primary amides is 1. The number of hydrogen-bond donors (Lipinski definition) is 2. The van der Waals surface area contributed by atoms with Gasteiger partial charge in [0.15, 0.2) is 5.60 Å². The highest BCUT2D eigenvalue weighted by Crippen LogP contribution is 2.29. The summed E-state index contributed by atoms with van der Waals surface area (Å²) in [7, 11) is 2.03. The third-order valence-corrected chi connectivity index (χ3v) is 4.89. The van der Waals surface area contributed by atoms with Gasteiger partial charge in [-0.1, -0.05) is 42.5 Å². The zero-order valence-electron chi connectivity index (χ0n) is 14.8. The molecule has 0 spiro atoms. The molecule has 2 aromatic carbocycles. The number of nitrogens with zero attached hydrogens (tertiary/aromatic N) is 2. The van der Waals surface area contributed by atoms with E-state index in [1.165, 1.54) is 0 Å². The topological polar surface area (TPSA) is 86.9 Å². The maximum Gasteiger partial charge on any atom is 0.258 e. The minimum atomic E-state index is -1.93. The summed E-state index contributed by atoms with van der Waals surface area (Å²) in [6, 6.07) is 15.0. The lowest BCUT2D eigenvalue weighted by Crippen LogP contribution is -2.47. The number of aliphatic hydroxyl groups is 1. The van der Waals surface area contributed by atoms with Crippen molar-refractivity contribution in [3.05, 3.63) is 71.3 Å². The van der Waals surface area contributed by atoms with Gasteiger partial charge in [-0.2, -0.15) is 0 Å². The molecule has 1 atom stereocenters. The molecule has 2 amide bonds. The fourth-order valence-corrected chi connectivity index (χ4v) is 3.18. The smallest absolute Gasteiger partial charge is 0.258 e. The third kappa shape index (κ3) is 3.34. The van der Waals surface area contributed by atoms with Crippen LogP contribution in [0.1, 0.15) is 21.5 Å². The van der Waals surface area contributed by atoms with Crippen LogP contribution in [0, 0.1) is 0 Å². The molecule has 0 aromatic heterocycles. The predicted octanol–water partition coefficient (Wildman–Crippen LogP) is 0.795. The van der Waals surface area contributed by atoms with E-state index in [9.17, 15) is 14.7 Å². The van der Waals surface area contributed by atoms with Crippen LogP contribution in [0.25, 0.3) is 0 Å². The predicted molar refractivity (Wildman–Crippen MR) is 98.5 cm³/mol. The van der Waals surface area contributed by atoms with Crippen molar-refractivity contribution in [2.45, 2.75) is 5.60 Å². The number of amides is 2. The average molecular weight is 353 g/mol. The number of nitrogens with two attached hydrogens (primary N) is 1. The van der Waals surface area contributed by atoms with Gasteiger partial charge >= 0.3 is 0 Å². The van der Waals surface area contributed by atoms with Crippen LogP contribution in [0.5, 0.6) is 0 Å². The maximum atomic E-state index is 12.6. The van der Waals surface area contributed by atoms with E-state index in [0.717, 1.165) is 13.1 Å². The Bertz CT molecular complexity index is 784. The second-order valence-electron chi connectivity index (χ2n) is 6.61. The average Bonchev–Trinajstić information content (AvgIpc) is 2.68. The van der Waals surface area contributed by atoms with E-state index in [4.69, 9.17) is 5.73 Å². The molecule has 1 heterocycles. The van der Waals surface area contributed by atoms with E-state index in [1.807, 2.05) is 11.9 Å². The molecule has 136 valence electrons. The van der Waals surface area contributed by atoms with Crippen molar-refractivity contribution in [3.8, 4) is 0 Å². The van der Waals surface area contributed by atoms with Crippen molar-refractivity contribution in [1.82, 2.24) is 9.80 Å². The maximum absolute atomic E-state index is 12.6. The molecular formula is C20H23N3O3. The van der Waals surface area contributed by atoms with Crippen LogP contribution in [0.2, 0.25) is 0 Å². The SMILES string of the molecule is CN1CCN(C(=O)c2ccc(C(O)(C(N)=O)c3ccccc3)cc2)CC1.